The molecule has 3 rings (SSSR count). The number of anilines is 1. The van der Waals surface area contributed by atoms with Crippen molar-refractivity contribution in [2.24, 2.45) is 0 Å². The highest BCUT2D eigenvalue weighted by Crippen LogP contribution is 2.14. The van der Waals surface area contributed by atoms with Crippen LogP contribution in [0.15, 0.2) is 66.9 Å². The maximum atomic E-state index is 9.23. The van der Waals surface area contributed by atoms with Gasteiger partial charge >= 0.3 is 0 Å². The predicted molar refractivity (Wildman–Crippen MR) is 79.0 cm³/mol. The van der Waals surface area contributed by atoms with E-state index in [0.29, 0.717) is 6.54 Å². The Kier molecular flexibility index (Phi) is 3.37. The zero-order chi connectivity index (χ0) is 13.8. The van der Waals surface area contributed by atoms with Gasteiger partial charge in [0.1, 0.15) is 5.75 Å². The van der Waals surface area contributed by atoms with E-state index < -0.39 is 0 Å². The van der Waals surface area contributed by atoms with Crippen LogP contribution in [0.1, 0.15) is 5.69 Å². The second kappa shape index (κ2) is 5.48. The molecule has 100 valence electrons. The number of aromatic hydroxyl groups is 1. The van der Waals surface area contributed by atoms with Gasteiger partial charge in [-0.2, -0.15) is 5.10 Å². The Hall–Kier alpha value is -2.75. The van der Waals surface area contributed by atoms with Crippen LogP contribution in [-0.2, 0) is 6.54 Å². The molecule has 0 bridgehead atoms. The quantitative estimate of drug-likeness (QED) is 0.712. The molecule has 0 spiro atoms. The van der Waals surface area contributed by atoms with Crippen molar-refractivity contribution in [1.82, 2.24) is 9.78 Å². The number of phenols is 1. The van der Waals surface area contributed by atoms with Crippen LogP contribution in [-0.4, -0.2) is 14.9 Å². The molecule has 0 saturated carbocycles. The van der Waals surface area contributed by atoms with Crippen molar-refractivity contribution in [3.05, 3.63) is 72.6 Å². The molecule has 0 aliphatic carbocycles. The SMILES string of the molecule is Oc1ccc(NCc2ccn(-c3ccccc3)n2)cc1. The van der Waals surface area contributed by atoms with Gasteiger partial charge < -0.3 is 10.4 Å². The summed E-state index contributed by atoms with van der Waals surface area (Å²) in [6.07, 6.45) is 1.95. The molecular formula is C16H15N3O. The zero-order valence-corrected chi connectivity index (χ0v) is 10.9. The topological polar surface area (TPSA) is 50.1 Å². The van der Waals surface area contributed by atoms with Gasteiger partial charge in [-0.25, -0.2) is 4.68 Å². The fourth-order valence-electron chi connectivity index (χ4n) is 1.95. The number of rotatable bonds is 4. The Bertz CT molecular complexity index is 674. The van der Waals surface area contributed by atoms with Gasteiger partial charge in [0.2, 0.25) is 0 Å². The Labute approximate surface area is 117 Å². The summed E-state index contributed by atoms with van der Waals surface area (Å²) in [7, 11) is 0. The van der Waals surface area contributed by atoms with Crippen molar-refractivity contribution in [2.45, 2.75) is 6.54 Å². The number of hydrogen-bond donors (Lipinski definition) is 2. The number of benzene rings is 2. The molecule has 20 heavy (non-hydrogen) atoms. The van der Waals surface area contributed by atoms with Crippen molar-refractivity contribution in [3.63, 3.8) is 0 Å². The number of phenolic OH excluding ortho intramolecular Hbond substituents is 1. The summed E-state index contributed by atoms with van der Waals surface area (Å²) < 4.78 is 1.85. The fraction of sp³-hybridized carbons (Fsp3) is 0.0625. The minimum atomic E-state index is 0.268. The lowest BCUT2D eigenvalue weighted by Crippen LogP contribution is -2.01. The summed E-state index contributed by atoms with van der Waals surface area (Å²) in [5.41, 5.74) is 2.96. The molecule has 3 aromatic rings. The molecule has 0 amide bonds. The van der Waals surface area contributed by atoms with Crippen molar-refractivity contribution in [3.8, 4) is 11.4 Å². The van der Waals surface area contributed by atoms with Crippen LogP contribution in [0.4, 0.5) is 5.69 Å². The van der Waals surface area contributed by atoms with Gasteiger partial charge in [0.05, 0.1) is 17.9 Å². The summed E-state index contributed by atoms with van der Waals surface area (Å²) >= 11 is 0. The smallest absolute Gasteiger partial charge is 0.115 e. The molecule has 0 fully saturated rings. The van der Waals surface area contributed by atoms with E-state index in [0.717, 1.165) is 17.1 Å². The first kappa shape index (κ1) is 12.3. The Morgan fingerprint density at radius 2 is 1.70 bits per heavy atom. The third-order valence-electron chi connectivity index (χ3n) is 3.01. The highest BCUT2D eigenvalue weighted by atomic mass is 16.3. The lowest BCUT2D eigenvalue weighted by molar-refractivity contribution is 0.475. The van der Waals surface area contributed by atoms with Gasteiger partial charge in [0, 0.05) is 11.9 Å². The fourth-order valence-corrected chi connectivity index (χ4v) is 1.95. The van der Waals surface area contributed by atoms with E-state index in [-0.39, 0.29) is 5.75 Å². The van der Waals surface area contributed by atoms with E-state index >= 15 is 0 Å². The van der Waals surface area contributed by atoms with Crippen molar-refractivity contribution in [1.29, 1.82) is 0 Å². The third kappa shape index (κ3) is 2.80. The summed E-state index contributed by atoms with van der Waals surface area (Å²) in [5.74, 6) is 0.268. The van der Waals surface area contributed by atoms with Gasteiger partial charge in [-0.1, -0.05) is 18.2 Å². The van der Waals surface area contributed by atoms with E-state index in [9.17, 15) is 5.11 Å². The van der Waals surface area contributed by atoms with Gasteiger partial charge in [-0.15, -0.1) is 0 Å². The first-order chi connectivity index (χ1) is 9.81. The Balaban J connectivity index is 1.67. The average molecular weight is 265 g/mol. The molecule has 4 nitrogen and oxygen atoms in total. The number of para-hydroxylation sites is 1. The standard InChI is InChI=1S/C16H15N3O/c20-16-8-6-13(7-9-16)17-12-14-10-11-19(18-14)15-4-2-1-3-5-15/h1-11,17,20H,12H2. The van der Waals surface area contributed by atoms with Gasteiger partial charge in [-0.3, -0.25) is 0 Å². The first-order valence-corrected chi connectivity index (χ1v) is 6.44. The molecule has 2 N–H and O–H groups in total. The van der Waals surface area contributed by atoms with Gasteiger partial charge in [-0.05, 0) is 42.5 Å². The first-order valence-electron chi connectivity index (χ1n) is 6.44. The minimum absolute atomic E-state index is 0.268. The summed E-state index contributed by atoms with van der Waals surface area (Å²) in [4.78, 5) is 0. The van der Waals surface area contributed by atoms with E-state index in [2.05, 4.69) is 10.4 Å². The molecule has 0 atom stereocenters. The molecule has 4 heteroatoms. The van der Waals surface area contributed by atoms with Crippen LogP contribution >= 0.6 is 0 Å². The molecular weight excluding hydrogens is 250 g/mol. The molecule has 0 aliphatic rings. The predicted octanol–water partition coefficient (Wildman–Crippen LogP) is 3.19. The second-order valence-corrected chi connectivity index (χ2v) is 4.49. The maximum Gasteiger partial charge on any atom is 0.115 e. The largest absolute Gasteiger partial charge is 0.508 e. The van der Waals surface area contributed by atoms with E-state index in [4.69, 9.17) is 0 Å². The molecule has 1 heterocycles. The molecule has 2 aromatic carbocycles. The number of nitrogens with zero attached hydrogens (tertiary/aromatic N) is 2. The number of aromatic nitrogens is 2. The van der Waals surface area contributed by atoms with Crippen LogP contribution in [0.2, 0.25) is 0 Å². The average Bonchev–Trinajstić information content (AvgIpc) is 2.97. The lowest BCUT2D eigenvalue weighted by atomic mass is 10.3. The van der Waals surface area contributed by atoms with Crippen molar-refractivity contribution < 1.29 is 5.11 Å². The molecule has 0 unspecified atom stereocenters. The second-order valence-electron chi connectivity index (χ2n) is 4.49. The zero-order valence-electron chi connectivity index (χ0n) is 10.9. The van der Waals surface area contributed by atoms with Crippen molar-refractivity contribution in [2.75, 3.05) is 5.32 Å². The van der Waals surface area contributed by atoms with Crippen LogP contribution in [0.3, 0.4) is 0 Å². The Morgan fingerprint density at radius 3 is 2.45 bits per heavy atom. The monoisotopic (exact) mass is 265 g/mol. The summed E-state index contributed by atoms with van der Waals surface area (Å²) in [5, 5.41) is 17.0. The van der Waals surface area contributed by atoms with Gasteiger partial charge in [0.25, 0.3) is 0 Å². The van der Waals surface area contributed by atoms with Crippen LogP contribution in [0.5, 0.6) is 5.75 Å². The highest BCUT2D eigenvalue weighted by Gasteiger charge is 2.01. The maximum absolute atomic E-state index is 9.23. The van der Waals surface area contributed by atoms with E-state index in [1.165, 1.54) is 0 Å². The summed E-state index contributed by atoms with van der Waals surface area (Å²) in [6, 6.07) is 19.0. The highest BCUT2D eigenvalue weighted by molar-refractivity contribution is 5.46. The van der Waals surface area contributed by atoms with Gasteiger partial charge in [0.15, 0.2) is 0 Å². The normalized spacial score (nSPS) is 10.4. The van der Waals surface area contributed by atoms with Crippen LogP contribution in [0, 0.1) is 0 Å². The number of nitrogens with one attached hydrogen (secondary N) is 1. The molecule has 0 radical (unpaired) electrons. The third-order valence-corrected chi connectivity index (χ3v) is 3.01. The molecule has 1 aromatic heterocycles. The van der Waals surface area contributed by atoms with Crippen LogP contribution < -0.4 is 5.32 Å². The van der Waals surface area contributed by atoms with Crippen LogP contribution in [0.25, 0.3) is 5.69 Å². The van der Waals surface area contributed by atoms with Crippen molar-refractivity contribution >= 4 is 5.69 Å². The number of hydrogen-bond acceptors (Lipinski definition) is 3. The summed E-state index contributed by atoms with van der Waals surface area (Å²) in [6.45, 7) is 0.643. The minimum Gasteiger partial charge on any atom is -0.508 e. The molecule has 0 saturated heterocycles. The van der Waals surface area contributed by atoms with E-state index in [1.54, 1.807) is 12.1 Å². The Morgan fingerprint density at radius 1 is 0.950 bits per heavy atom. The lowest BCUT2D eigenvalue weighted by Gasteiger charge is -2.04. The molecule has 0 aliphatic heterocycles. The van der Waals surface area contributed by atoms with E-state index in [1.807, 2.05) is 59.4 Å².